The number of rotatable bonds is 3. The highest BCUT2D eigenvalue weighted by Crippen LogP contribution is 2.32. The maximum atomic E-state index is 11.7. The molecule has 2 saturated heterocycles. The molecular weight excluding hydrogens is 226 g/mol. The number of aliphatic hydroxyl groups excluding tert-OH is 1. The van der Waals surface area contributed by atoms with Gasteiger partial charge in [0.2, 0.25) is 0 Å². The van der Waals surface area contributed by atoms with Gasteiger partial charge < -0.3 is 10.4 Å². The average Bonchev–Trinajstić information content (AvgIpc) is 2.73. The van der Waals surface area contributed by atoms with E-state index in [-0.39, 0.29) is 17.4 Å². The van der Waals surface area contributed by atoms with Gasteiger partial charge in [-0.1, -0.05) is 0 Å². The number of sulfone groups is 1. The molecule has 3 unspecified atom stereocenters. The summed E-state index contributed by atoms with van der Waals surface area (Å²) >= 11 is 0. The van der Waals surface area contributed by atoms with Crippen molar-refractivity contribution in [2.24, 2.45) is 5.92 Å². The molecule has 2 fully saturated rings. The topological polar surface area (TPSA) is 66.4 Å². The Hall–Kier alpha value is -0.130. The molecule has 0 aromatic heterocycles. The van der Waals surface area contributed by atoms with Crippen LogP contribution in [-0.2, 0) is 9.84 Å². The van der Waals surface area contributed by atoms with Crippen LogP contribution >= 0.6 is 0 Å². The summed E-state index contributed by atoms with van der Waals surface area (Å²) in [5.41, 5.74) is -0.201. The first-order chi connectivity index (χ1) is 7.45. The highest BCUT2D eigenvalue weighted by atomic mass is 32.2. The maximum absolute atomic E-state index is 11.7. The van der Waals surface area contributed by atoms with Crippen LogP contribution in [0, 0.1) is 5.92 Å². The third-order valence-electron chi connectivity index (χ3n) is 3.96. The fraction of sp³-hybridized carbons (Fsp3) is 1.00. The van der Waals surface area contributed by atoms with E-state index in [1.54, 1.807) is 0 Å². The minimum atomic E-state index is -2.81. The lowest BCUT2D eigenvalue weighted by atomic mass is 9.92. The first-order valence-electron chi connectivity index (χ1n) is 6.03. The average molecular weight is 247 g/mol. The zero-order valence-electron chi connectivity index (χ0n) is 9.78. The summed E-state index contributed by atoms with van der Waals surface area (Å²) in [6, 6.07) is 0. The fourth-order valence-corrected chi connectivity index (χ4v) is 4.95. The molecule has 5 heteroatoms. The Balaban J connectivity index is 1.93. The van der Waals surface area contributed by atoms with Gasteiger partial charge in [-0.15, -0.1) is 0 Å². The van der Waals surface area contributed by atoms with Crippen LogP contribution in [0.15, 0.2) is 0 Å². The van der Waals surface area contributed by atoms with E-state index in [9.17, 15) is 13.5 Å². The van der Waals surface area contributed by atoms with Crippen LogP contribution in [0.4, 0.5) is 0 Å². The highest BCUT2D eigenvalue weighted by Gasteiger charge is 2.39. The molecule has 2 aliphatic rings. The van der Waals surface area contributed by atoms with Crippen molar-refractivity contribution in [1.82, 2.24) is 5.32 Å². The van der Waals surface area contributed by atoms with Gasteiger partial charge in [-0.3, -0.25) is 0 Å². The van der Waals surface area contributed by atoms with Crippen LogP contribution < -0.4 is 5.32 Å². The van der Waals surface area contributed by atoms with Gasteiger partial charge in [0, 0.05) is 5.54 Å². The van der Waals surface area contributed by atoms with E-state index in [0.29, 0.717) is 11.7 Å². The van der Waals surface area contributed by atoms with E-state index in [2.05, 4.69) is 5.32 Å². The van der Waals surface area contributed by atoms with Crippen LogP contribution in [0.2, 0.25) is 0 Å². The van der Waals surface area contributed by atoms with Gasteiger partial charge in [0.05, 0.1) is 17.6 Å². The van der Waals surface area contributed by atoms with E-state index >= 15 is 0 Å². The largest absolute Gasteiger partial charge is 0.394 e. The lowest BCUT2D eigenvalue weighted by Crippen LogP contribution is -2.39. The molecule has 3 atom stereocenters. The van der Waals surface area contributed by atoms with Gasteiger partial charge in [0.1, 0.15) is 0 Å². The number of aliphatic hydroxyl groups is 1. The maximum Gasteiger partial charge on any atom is 0.153 e. The predicted molar refractivity (Wildman–Crippen MR) is 63.0 cm³/mol. The van der Waals surface area contributed by atoms with Crippen molar-refractivity contribution in [1.29, 1.82) is 0 Å². The van der Waals surface area contributed by atoms with Crippen LogP contribution in [0.25, 0.3) is 0 Å². The Morgan fingerprint density at radius 2 is 2.25 bits per heavy atom. The summed E-state index contributed by atoms with van der Waals surface area (Å²) in [7, 11) is -2.81. The fourth-order valence-electron chi connectivity index (χ4n) is 2.95. The molecule has 0 saturated carbocycles. The molecule has 0 radical (unpaired) electrons. The third-order valence-corrected chi connectivity index (χ3v) is 6.27. The lowest BCUT2D eigenvalue weighted by Gasteiger charge is -2.21. The lowest BCUT2D eigenvalue weighted by molar-refractivity contribution is 0.188. The molecule has 0 aliphatic carbocycles. The van der Waals surface area contributed by atoms with E-state index in [1.807, 2.05) is 6.92 Å². The molecule has 0 spiro atoms. The standard InChI is InChI=1S/C11H21NO3S/c1-11(8-13)6-9(7-12-11)5-10-3-2-4-16(10,14)15/h9-10,12-13H,2-8H2,1H3. The van der Waals surface area contributed by atoms with E-state index in [4.69, 9.17) is 0 Å². The second-order valence-corrected chi connectivity index (χ2v) is 7.94. The summed E-state index contributed by atoms with van der Waals surface area (Å²) in [6.45, 7) is 2.96. The molecule has 2 heterocycles. The third kappa shape index (κ3) is 2.41. The zero-order valence-corrected chi connectivity index (χ0v) is 10.6. The van der Waals surface area contributed by atoms with Gasteiger partial charge in [-0.25, -0.2) is 8.42 Å². The van der Waals surface area contributed by atoms with E-state index < -0.39 is 9.84 Å². The van der Waals surface area contributed by atoms with Crippen molar-refractivity contribution in [2.75, 3.05) is 18.9 Å². The number of nitrogens with one attached hydrogen (secondary N) is 1. The SMILES string of the molecule is CC1(CO)CC(CC2CCCS2(=O)=O)CN1. The monoisotopic (exact) mass is 247 g/mol. The molecule has 16 heavy (non-hydrogen) atoms. The first kappa shape index (κ1) is 12.3. The molecule has 0 amide bonds. The van der Waals surface area contributed by atoms with E-state index in [1.165, 1.54) is 0 Å². The molecular formula is C11H21NO3S. The Morgan fingerprint density at radius 3 is 2.75 bits per heavy atom. The summed E-state index contributed by atoms with van der Waals surface area (Å²) in [5.74, 6) is 0.768. The normalized spacial score (nSPS) is 42.6. The Labute approximate surface area is 97.3 Å². The molecule has 2 aliphatic heterocycles. The number of hydrogen-bond donors (Lipinski definition) is 2. The Morgan fingerprint density at radius 1 is 1.50 bits per heavy atom. The van der Waals surface area contributed by atoms with Crippen LogP contribution in [0.5, 0.6) is 0 Å². The van der Waals surface area contributed by atoms with Crippen LogP contribution in [-0.4, -0.2) is 43.2 Å². The second kappa shape index (κ2) is 4.27. The first-order valence-corrected chi connectivity index (χ1v) is 7.74. The highest BCUT2D eigenvalue weighted by molar-refractivity contribution is 7.92. The molecule has 2 N–H and O–H groups in total. The van der Waals surface area contributed by atoms with E-state index in [0.717, 1.165) is 32.2 Å². The van der Waals surface area contributed by atoms with Crippen molar-refractivity contribution in [3.63, 3.8) is 0 Å². The summed E-state index contributed by atoms with van der Waals surface area (Å²) in [6.07, 6.45) is 3.31. The van der Waals surface area contributed by atoms with Crippen molar-refractivity contribution in [3.8, 4) is 0 Å². The van der Waals surface area contributed by atoms with Crippen molar-refractivity contribution < 1.29 is 13.5 Å². The number of hydrogen-bond acceptors (Lipinski definition) is 4. The molecule has 94 valence electrons. The van der Waals surface area contributed by atoms with Gasteiger partial charge in [0.25, 0.3) is 0 Å². The Kier molecular flexibility index (Phi) is 3.29. The molecule has 2 rings (SSSR count). The summed E-state index contributed by atoms with van der Waals surface area (Å²) in [4.78, 5) is 0. The minimum Gasteiger partial charge on any atom is -0.394 e. The summed E-state index contributed by atoms with van der Waals surface area (Å²) in [5, 5.41) is 12.4. The molecule has 0 aromatic carbocycles. The van der Waals surface area contributed by atoms with Crippen LogP contribution in [0.3, 0.4) is 0 Å². The van der Waals surface area contributed by atoms with Gasteiger partial charge in [-0.2, -0.15) is 0 Å². The molecule has 0 aromatic rings. The van der Waals surface area contributed by atoms with Crippen LogP contribution in [0.1, 0.15) is 32.6 Å². The van der Waals surface area contributed by atoms with Crippen molar-refractivity contribution >= 4 is 9.84 Å². The molecule has 4 nitrogen and oxygen atoms in total. The molecule has 0 bridgehead atoms. The van der Waals surface area contributed by atoms with Gasteiger partial charge >= 0.3 is 0 Å². The van der Waals surface area contributed by atoms with Crippen molar-refractivity contribution in [3.05, 3.63) is 0 Å². The van der Waals surface area contributed by atoms with Crippen molar-refractivity contribution in [2.45, 2.75) is 43.4 Å². The zero-order chi connectivity index (χ0) is 11.8. The predicted octanol–water partition coefficient (Wildman–Crippen LogP) is 0.314. The smallest absolute Gasteiger partial charge is 0.153 e. The summed E-state index contributed by atoms with van der Waals surface area (Å²) < 4.78 is 23.4. The quantitative estimate of drug-likeness (QED) is 0.753. The second-order valence-electron chi connectivity index (χ2n) is 5.54. The Bertz CT molecular complexity index is 354. The van der Waals surface area contributed by atoms with Gasteiger partial charge in [-0.05, 0) is 45.1 Å². The minimum absolute atomic E-state index is 0.125. The van der Waals surface area contributed by atoms with Gasteiger partial charge in [0.15, 0.2) is 9.84 Å².